The normalized spacial score (nSPS) is 22.5. The molecule has 1 saturated heterocycles. The number of carbonyl (C=O) groups is 3. The lowest BCUT2D eigenvalue weighted by atomic mass is 10.2. The van der Waals surface area contributed by atoms with Crippen LogP contribution in [-0.2, 0) is 23.9 Å². The number of amides is 2. The molecular weight excluding hydrogens is 272 g/mol. The molecule has 0 saturated carbocycles. The molecule has 0 aromatic heterocycles. The van der Waals surface area contributed by atoms with Gasteiger partial charge in [-0.05, 0) is 0 Å². The number of thioether (sulfide) groups is 1. The maximum atomic E-state index is 11.7. The maximum Gasteiger partial charge on any atom is 0.329 e. The summed E-state index contributed by atoms with van der Waals surface area (Å²) in [6.45, 7) is 0.847. The van der Waals surface area contributed by atoms with Crippen LogP contribution in [0.25, 0.3) is 0 Å². The molecular formula is C11H18N2O5S. The zero-order valence-corrected chi connectivity index (χ0v) is 11.7. The first-order valence-electron chi connectivity index (χ1n) is 5.84. The summed E-state index contributed by atoms with van der Waals surface area (Å²) in [7, 11) is 2.82. The van der Waals surface area contributed by atoms with E-state index in [0.717, 1.165) is 0 Å². The van der Waals surface area contributed by atoms with Gasteiger partial charge >= 0.3 is 5.97 Å². The molecule has 1 fully saturated rings. The highest BCUT2D eigenvalue weighted by molar-refractivity contribution is 8.00. The Morgan fingerprint density at radius 2 is 2.21 bits per heavy atom. The van der Waals surface area contributed by atoms with E-state index in [1.165, 1.54) is 18.9 Å². The average molecular weight is 290 g/mol. The number of methoxy groups -OCH3 is 2. The van der Waals surface area contributed by atoms with Gasteiger partial charge in [0, 0.05) is 25.8 Å². The second-order valence-electron chi connectivity index (χ2n) is 3.95. The van der Waals surface area contributed by atoms with Gasteiger partial charge in [-0.3, -0.25) is 9.59 Å². The Balaban J connectivity index is 2.35. The van der Waals surface area contributed by atoms with Crippen molar-refractivity contribution >= 4 is 29.5 Å². The molecule has 0 radical (unpaired) electrons. The third-order valence-electron chi connectivity index (χ3n) is 2.56. The van der Waals surface area contributed by atoms with E-state index in [1.807, 2.05) is 0 Å². The number of hydrogen-bond acceptors (Lipinski definition) is 6. The van der Waals surface area contributed by atoms with Gasteiger partial charge in [-0.25, -0.2) is 4.79 Å². The van der Waals surface area contributed by atoms with Gasteiger partial charge < -0.3 is 20.1 Å². The Kier molecular flexibility index (Phi) is 6.65. The van der Waals surface area contributed by atoms with E-state index in [0.29, 0.717) is 18.9 Å². The van der Waals surface area contributed by atoms with Crippen LogP contribution in [-0.4, -0.2) is 62.2 Å². The second kappa shape index (κ2) is 8.00. The zero-order valence-electron chi connectivity index (χ0n) is 10.9. The van der Waals surface area contributed by atoms with E-state index in [2.05, 4.69) is 15.4 Å². The Labute approximate surface area is 115 Å². The topological polar surface area (TPSA) is 93.7 Å². The van der Waals surface area contributed by atoms with Crippen LogP contribution in [0.15, 0.2) is 0 Å². The molecule has 1 aliphatic heterocycles. The van der Waals surface area contributed by atoms with Crippen molar-refractivity contribution in [3.05, 3.63) is 0 Å². The van der Waals surface area contributed by atoms with E-state index in [9.17, 15) is 14.4 Å². The Hall–Kier alpha value is -1.28. The van der Waals surface area contributed by atoms with Crippen LogP contribution in [0.1, 0.15) is 6.42 Å². The monoisotopic (exact) mass is 290 g/mol. The lowest BCUT2D eigenvalue weighted by Gasteiger charge is -2.26. The van der Waals surface area contributed by atoms with E-state index in [4.69, 9.17) is 4.74 Å². The van der Waals surface area contributed by atoms with E-state index in [-0.39, 0.29) is 18.2 Å². The molecule has 19 heavy (non-hydrogen) atoms. The molecule has 7 nitrogen and oxygen atoms in total. The van der Waals surface area contributed by atoms with Crippen molar-refractivity contribution in [2.45, 2.75) is 17.7 Å². The summed E-state index contributed by atoms with van der Waals surface area (Å²) < 4.78 is 9.37. The van der Waals surface area contributed by atoms with Crippen molar-refractivity contribution in [2.24, 2.45) is 0 Å². The van der Waals surface area contributed by atoms with Gasteiger partial charge in [0.05, 0.1) is 19.0 Å². The molecule has 0 bridgehead atoms. The molecule has 0 aliphatic carbocycles. The van der Waals surface area contributed by atoms with Crippen LogP contribution >= 0.6 is 11.8 Å². The highest BCUT2D eigenvalue weighted by Gasteiger charge is 2.33. The summed E-state index contributed by atoms with van der Waals surface area (Å²) in [6, 6.07) is -0.629. The van der Waals surface area contributed by atoms with Gasteiger partial charge in [0.1, 0.15) is 6.04 Å². The van der Waals surface area contributed by atoms with Crippen molar-refractivity contribution in [3.63, 3.8) is 0 Å². The molecule has 2 N–H and O–H groups in total. The number of nitrogens with one attached hydrogen (secondary N) is 2. The predicted molar refractivity (Wildman–Crippen MR) is 69.7 cm³/mol. The fourth-order valence-electron chi connectivity index (χ4n) is 1.55. The van der Waals surface area contributed by atoms with Crippen molar-refractivity contribution in [1.29, 1.82) is 0 Å². The molecule has 1 rings (SSSR count). The number of rotatable bonds is 6. The van der Waals surface area contributed by atoms with Crippen LogP contribution in [0.3, 0.4) is 0 Å². The van der Waals surface area contributed by atoms with Crippen LogP contribution in [0.2, 0.25) is 0 Å². The van der Waals surface area contributed by atoms with Crippen molar-refractivity contribution in [3.8, 4) is 0 Å². The zero-order chi connectivity index (χ0) is 14.3. The van der Waals surface area contributed by atoms with E-state index in [1.54, 1.807) is 7.11 Å². The Bertz CT molecular complexity index is 350. The van der Waals surface area contributed by atoms with Crippen LogP contribution in [0.4, 0.5) is 0 Å². The van der Waals surface area contributed by atoms with Crippen LogP contribution in [0.5, 0.6) is 0 Å². The quantitative estimate of drug-likeness (QED) is 0.477. The smallest absolute Gasteiger partial charge is 0.329 e. The third kappa shape index (κ3) is 5.07. The SMILES string of the molecule is COCCNC(=O)CC1SCC(C(=O)OC)NC1=O. The molecule has 1 aliphatic rings. The predicted octanol–water partition coefficient (Wildman–Crippen LogP) is -1.09. The van der Waals surface area contributed by atoms with Gasteiger partial charge in [0.15, 0.2) is 0 Å². The lowest BCUT2D eigenvalue weighted by molar-refractivity contribution is -0.144. The summed E-state index contributed by atoms with van der Waals surface area (Å²) in [6.07, 6.45) is 0.0914. The fourth-order valence-corrected chi connectivity index (χ4v) is 2.68. The number of carbonyl (C=O) groups excluding carboxylic acids is 3. The molecule has 0 spiro atoms. The van der Waals surface area contributed by atoms with Crippen LogP contribution < -0.4 is 10.6 Å². The molecule has 0 aromatic carbocycles. The Morgan fingerprint density at radius 1 is 1.47 bits per heavy atom. The maximum absolute atomic E-state index is 11.7. The number of ether oxygens (including phenoxy) is 2. The number of hydrogen-bond donors (Lipinski definition) is 2. The summed E-state index contributed by atoms with van der Waals surface area (Å²) in [5.74, 6) is -0.576. The van der Waals surface area contributed by atoms with Crippen molar-refractivity contribution in [2.75, 3.05) is 33.1 Å². The minimum atomic E-state index is -0.629. The average Bonchev–Trinajstić information content (AvgIpc) is 2.40. The van der Waals surface area contributed by atoms with Gasteiger partial charge in [0.2, 0.25) is 11.8 Å². The van der Waals surface area contributed by atoms with Crippen LogP contribution in [0, 0.1) is 0 Å². The molecule has 2 unspecified atom stereocenters. The summed E-state index contributed by atoms with van der Waals surface area (Å²) in [5, 5.41) is 4.73. The highest BCUT2D eigenvalue weighted by atomic mass is 32.2. The first-order valence-corrected chi connectivity index (χ1v) is 6.88. The molecule has 108 valence electrons. The molecule has 2 atom stereocenters. The van der Waals surface area contributed by atoms with Gasteiger partial charge in [-0.1, -0.05) is 0 Å². The largest absolute Gasteiger partial charge is 0.467 e. The van der Waals surface area contributed by atoms with Gasteiger partial charge in [0.25, 0.3) is 0 Å². The van der Waals surface area contributed by atoms with Gasteiger partial charge in [-0.15, -0.1) is 11.8 Å². The first kappa shape index (κ1) is 15.8. The summed E-state index contributed by atoms with van der Waals surface area (Å²) >= 11 is 1.29. The summed E-state index contributed by atoms with van der Waals surface area (Å²) in [5.41, 5.74) is 0. The Morgan fingerprint density at radius 3 is 2.79 bits per heavy atom. The minimum absolute atomic E-state index is 0.0914. The van der Waals surface area contributed by atoms with E-state index < -0.39 is 17.3 Å². The molecule has 1 heterocycles. The van der Waals surface area contributed by atoms with E-state index >= 15 is 0 Å². The highest BCUT2D eigenvalue weighted by Crippen LogP contribution is 2.21. The lowest BCUT2D eigenvalue weighted by Crippen LogP contribution is -2.51. The number of esters is 1. The molecule has 0 aromatic rings. The third-order valence-corrected chi connectivity index (χ3v) is 3.87. The second-order valence-corrected chi connectivity index (χ2v) is 5.19. The van der Waals surface area contributed by atoms with Gasteiger partial charge in [-0.2, -0.15) is 0 Å². The summed E-state index contributed by atoms with van der Waals surface area (Å²) in [4.78, 5) is 34.6. The van der Waals surface area contributed by atoms with Crippen molar-refractivity contribution in [1.82, 2.24) is 10.6 Å². The fraction of sp³-hybridized carbons (Fsp3) is 0.727. The molecule has 8 heteroatoms. The van der Waals surface area contributed by atoms with Crippen molar-refractivity contribution < 1.29 is 23.9 Å². The minimum Gasteiger partial charge on any atom is -0.467 e. The standard InChI is InChI=1S/C11H18N2O5S/c1-17-4-3-12-9(14)5-8-10(15)13-7(6-19-8)11(16)18-2/h7-8H,3-6H2,1-2H3,(H,12,14)(H,13,15). The molecule has 2 amide bonds. The first-order chi connectivity index (χ1) is 9.08.